The largest absolute Gasteiger partial charge is 0.429 e. The van der Waals surface area contributed by atoms with Crippen LogP contribution in [-0.4, -0.2) is 90.6 Å². The molecule has 12 nitrogen and oxygen atoms in total. The number of hydrogen-bond acceptors (Lipinski definition) is 11. The molecule has 0 unspecified atom stereocenters. The molecule has 0 fully saturated rings. The van der Waals surface area contributed by atoms with E-state index in [1.165, 1.54) is 24.3 Å². The fourth-order valence-corrected chi connectivity index (χ4v) is 1.92. The van der Waals surface area contributed by atoms with E-state index >= 15 is 0 Å². The fraction of sp³-hybridized carbons (Fsp3) is 0.632. The topological polar surface area (TPSA) is 168 Å². The van der Waals surface area contributed by atoms with Gasteiger partial charge in [-0.05, 0) is 12.1 Å². The molecule has 0 aliphatic rings. The minimum absolute atomic E-state index is 0.0340. The summed E-state index contributed by atoms with van der Waals surface area (Å²) in [6.07, 6.45) is -0.0796. The molecule has 178 valence electrons. The summed E-state index contributed by atoms with van der Waals surface area (Å²) in [7, 11) is 1.63. The molecule has 0 spiro atoms. The van der Waals surface area contributed by atoms with Gasteiger partial charge in [-0.1, -0.05) is 0 Å². The van der Waals surface area contributed by atoms with Crippen LogP contribution in [0.15, 0.2) is 24.3 Å². The molecule has 1 aromatic rings. The Morgan fingerprint density at radius 3 is 1.77 bits per heavy atom. The van der Waals surface area contributed by atoms with E-state index in [9.17, 15) is 14.9 Å². The SMILES string of the molecule is COC(COCCOCCN)COCCOCCN.O=COc1ccc([N+](=O)[O-])cc1. The summed E-state index contributed by atoms with van der Waals surface area (Å²) in [4.78, 5) is 19.5. The van der Waals surface area contributed by atoms with Crippen molar-refractivity contribution in [1.29, 1.82) is 0 Å². The van der Waals surface area contributed by atoms with Gasteiger partial charge in [-0.3, -0.25) is 14.9 Å². The number of carbonyl (C=O) groups excluding carboxylic acids is 1. The Labute approximate surface area is 181 Å². The van der Waals surface area contributed by atoms with Crippen LogP contribution < -0.4 is 16.2 Å². The van der Waals surface area contributed by atoms with Crippen molar-refractivity contribution in [2.24, 2.45) is 11.5 Å². The predicted octanol–water partition coefficient (Wildman–Crippen LogP) is 0.115. The average molecular weight is 447 g/mol. The van der Waals surface area contributed by atoms with Gasteiger partial charge in [0.05, 0.1) is 57.8 Å². The Kier molecular flexibility index (Phi) is 19.6. The Bertz CT molecular complexity index is 545. The van der Waals surface area contributed by atoms with Crippen molar-refractivity contribution in [2.75, 3.05) is 73.1 Å². The lowest BCUT2D eigenvalue weighted by molar-refractivity contribution is -0.384. The van der Waals surface area contributed by atoms with Crippen LogP contribution in [0.25, 0.3) is 0 Å². The molecule has 0 saturated carbocycles. The van der Waals surface area contributed by atoms with Crippen molar-refractivity contribution in [2.45, 2.75) is 6.10 Å². The summed E-state index contributed by atoms with van der Waals surface area (Å²) in [6.45, 7) is 5.54. The highest BCUT2D eigenvalue weighted by Crippen LogP contribution is 2.16. The molecule has 0 atom stereocenters. The van der Waals surface area contributed by atoms with Gasteiger partial charge in [0.2, 0.25) is 0 Å². The molecule has 4 N–H and O–H groups in total. The van der Waals surface area contributed by atoms with Crippen LogP contribution in [0.4, 0.5) is 5.69 Å². The fourth-order valence-electron chi connectivity index (χ4n) is 1.92. The Hall–Kier alpha value is -2.19. The Morgan fingerprint density at radius 2 is 1.39 bits per heavy atom. The highest BCUT2D eigenvalue weighted by Gasteiger charge is 2.07. The predicted molar refractivity (Wildman–Crippen MR) is 112 cm³/mol. The average Bonchev–Trinajstić information content (AvgIpc) is 2.78. The van der Waals surface area contributed by atoms with Gasteiger partial charge in [-0.15, -0.1) is 0 Å². The van der Waals surface area contributed by atoms with E-state index in [1.54, 1.807) is 7.11 Å². The molecule has 0 amide bonds. The molecule has 0 heterocycles. The maximum absolute atomic E-state index is 10.2. The summed E-state index contributed by atoms with van der Waals surface area (Å²) >= 11 is 0. The smallest absolute Gasteiger partial charge is 0.298 e. The first kappa shape index (κ1) is 28.8. The first-order valence-corrected chi connectivity index (χ1v) is 9.67. The number of ether oxygens (including phenoxy) is 6. The van der Waals surface area contributed by atoms with E-state index in [0.717, 1.165) is 0 Å². The number of nitro benzene ring substituents is 1. The highest BCUT2D eigenvalue weighted by molar-refractivity contribution is 5.46. The first-order valence-electron chi connectivity index (χ1n) is 9.67. The number of non-ortho nitro benzene ring substituents is 1. The molecule has 31 heavy (non-hydrogen) atoms. The van der Waals surface area contributed by atoms with Crippen molar-refractivity contribution >= 4 is 12.2 Å². The third-order valence-electron chi connectivity index (χ3n) is 3.44. The van der Waals surface area contributed by atoms with Gasteiger partial charge in [0, 0.05) is 32.3 Å². The van der Waals surface area contributed by atoms with Crippen LogP contribution in [0.1, 0.15) is 0 Å². The van der Waals surface area contributed by atoms with Crippen LogP contribution in [0.2, 0.25) is 0 Å². The normalized spacial score (nSPS) is 10.5. The number of nitrogens with two attached hydrogens (primary N) is 2. The summed E-state index contributed by atoms with van der Waals surface area (Å²) in [5, 5.41) is 10.2. The van der Waals surface area contributed by atoms with E-state index in [4.69, 9.17) is 35.2 Å². The summed E-state index contributed by atoms with van der Waals surface area (Å²) in [6, 6.07) is 5.23. The molecule has 0 radical (unpaired) electrons. The first-order chi connectivity index (χ1) is 15.1. The molecule has 0 saturated heterocycles. The van der Waals surface area contributed by atoms with E-state index in [2.05, 4.69) is 4.74 Å². The second kappa shape index (κ2) is 21.1. The maximum atomic E-state index is 10.2. The van der Waals surface area contributed by atoms with E-state index in [0.29, 0.717) is 65.9 Å². The van der Waals surface area contributed by atoms with Crippen LogP contribution in [-0.2, 0) is 28.5 Å². The molecule has 0 bridgehead atoms. The number of rotatable bonds is 18. The zero-order chi connectivity index (χ0) is 23.2. The lowest BCUT2D eigenvalue weighted by Gasteiger charge is -2.16. The third kappa shape index (κ3) is 17.2. The summed E-state index contributed by atoms with van der Waals surface area (Å²) in [5.41, 5.74) is 10.5. The van der Waals surface area contributed by atoms with Crippen molar-refractivity contribution in [3.63, 3.8) is 0 Å². The van der Waals surface area contributed by atoms with Crippen LogP contribution in [0, 0.1) is 10.1 Å². The van der Waals surface area contributed by atoms with Crippen molar-refractivity contribution in [1.82, 2.24) is 0 Å². The highest BCUT2D eigenvalue weighted by atomic mass is 16.6. The Balaban J connectivity index is 0.000000639. The lowest BCUT2D eigenvalue weighted by atomic mass is 10.3. The molecule has 12 heteroatoms. The number of nitrogens with zero attached hydrogens (tertiary/aromatic N) is 1. The van der Waals surface area contributed by atoms with Gasteiger partial charge in [0.1, 0.15) is 11.9 Å². The zero-order valence-corrected chi connectivity index (χ0v) is 17.8. The second-order valence-electron chi connectivity index (χ2n) is 5.77. The van der Waals surface area contributed by atoms with Gasteiger partial charge < -0.3 is 39.9 Å². The molecule has 0 aromatic heterocycles. The van der Waals surface area contributed by atoms with Crippen molar-refractivity contribution < 1.29 is 38.1 Å². The third-order valence-corrected chi connectivity index (χ3v) is 3.44. The molecule has 0 aliphatic heterocycles. The number of nitro groups is 1. The molecule has 1 aromatic carbocycles. The number of benzene rings is 1. The maximum Gasteiger partial charge on any atom is 0.298 e. The van der Waals surface area contributed by atoms with E-state index in [1.807, 2.05) is 0 Å². The van der Waals surface area contributed by atoms with Gasteiger partial charge in [0.15, 0.2) is 0 Å². The standard InChI is InChI=1S/C12H28N2O5.C7H5NO4/c1-15-12(10-18-8-6-16-4-2-13)11-19-9-7-17-5-3-14;9-5-12-7-3-1-6(2-4-7)8(10)11/h12H,2-11,13-14H2,1H3;1-5H. The van der Waals surface area contributed by atoms with Gasteiger partial charge in [-0.2, -0.15) is 0 Å². The van der Waals surface area contributed by atoms with Gasteiger partial charge >= 0.3 is 0 Å². The molecule has 0 aliphatic carbocycles. The summed E-state index contributed by atoms with van der Waals surface area (Å²) in [5.74, 6) is 0.288. The zero-order valence-electron chi connectivity index (χ0n) is 17.8. The quantitative estimate of drug-likeness (QED) is 0.136. The summed E-state index contributed by atoms with van der Waals surface area (Å²) < 4.78 is 30.9. The van der Waals surface area contributed by atoms with Crippen molar-refractivity contribution in [3.05, 3.63) is 34.4 Å². The van der Waals surface area contributed by atoms with Crippen LogP contribution in [0.5, 0.6) is 5.75 Å². The number of methoxy groups -OCH3 is 1. The van der Waals surface area contributed by atoms with Gasteiger partial charge in [0.25, 0.3) is 12.2 Å². The second-order valence-corrected chi connectivity index (χ2v) is 5.77. The van der Waals surface area contributed by atoms with Crippen LogP contribution >= 0.6 is 0 Å². The van der Waals surface area contributed by atoms with Crippen molar-refractivity contribution in [3.8, 4) is 5.75 Å². The van der Waals surface area contributed by atoms with Crippen LogP contribution in [0.3, 0.4) is 0 Å². The Morgan fingerprint density at radius 1 is 0.903 bits per heavy atom. The minimum atomic E-state index is -0.523. The molecular weight excluding hydrogens is 414 g/mol. The minimum Gasteiger partial charge on any atom is -0.429 e. The van der Waals surface area contributed by atoms with E-state index in [-0.39, 0.29) is 24.0 Å². The monoisotopic (exact) mass is 447 g/mol. The van der Waals surface area contributed by atoms with E-state index < -0.39 is 4.92 Å². The molecule has 1 rings (SSSR count). The molecular formula is C19H33N3O9. The lowest BCUT2D eigenvalue weighted by Crippen LogP contribution is -2.26. The number of hydrogen-bond donors (Lipinski definition) is 2. The number of carbonyl (C=O) groups is 1. The van der Waals surface area contributed by atoms with Gasteiger partial charge in [-0.25, -0.2) is 0 Å².